The molecule has 0 bridgehead atoms. The number of rotatable bonds is 6. The van der Waals surface area contributed by atoms with Crippen LogP contribution in [0, 0.1) is 0 Å². The molecule has 1 aliphatic heterocycles. The first-order valence-corrected chi connectivity index (χ1v) is 8.71. The number of carbonyl (C=O) groups is 1. The summed E-state index contributed by atoms with van der Waals surface area (Å²) in [7, 11) is 0. The average molecular weight is 373 g/mol. The summed E-state index contributed by atoms with van der Waals surface area (Å²) in [6.45, 7) is 0.871. The van der Waals surface area contributed by atoms with Gasteiger partial charge in [0.05, 0.1) is 18.8 Å². The molecule has 0 spiro atoms. The monoisotopic (exact) mass is 372 g/mol. The van der Waals surface area contributed by atoms with E-state index in [1.165, 1.54) is 0 Å². The lowest BCUT2D eigenvalue weighted by molar-refractivity contribution is -0.119. The lowest BCUT2D eigenvalue weighted by Crippen LogP contribution is -2.30. The predicted molar refractivity (Wildman–Crippen MR) is 97.2 cm³/mol. The molecule has 0 saturated carbocycles. The van der Waals surface area contributed by atoms with Gasteiger partial charge in [-0.1, -0.05) is 6.07 Å². The third kappa shape index (κ3) is 3.57. The Balaban J connectivity index is 1.57. The van der Waals surface area contributed by atoms with Gasteiger partial charge in [0.25, 0.3) is 0 Å². The van der Waals surface area contributed by atoms with Crippen LogP contribution in [0.15, 0.2) is 41.0 Å². The highest BCUT2D eigenvalue weighted by molar-refractivity contribution is 6.29. The number of hydrogen-bond donors (Lipinski definition) is 2. The SMILES string of the molecule is O=C1CC[C@@H](COc2cccc3c(NCc4ccco4)nc(Cl)nc23)N1. The van der Waals surface area contributed by atoms with E-state index in [-0.39, 0.29) is 17.2 Å². The number of aromatic nitrogens is 2. The highest BCUT2D eigenvalue weighted by Gasteiger charge is 2.21. The van der Waals surface area contributed by atoms with Crippen molar-refractivity contribution in [3.63, 3.8) is 0 Å². The van der Waals surface area contributed by atoms with Crippen molar-refractivity contribution in [3.05, 3.63) is 47.6 Å². The molecule has 134 valence electrons. The molecule has 7 nitrogen and oxygen atoms in total. The number of nitrogens with one attached hydrogen (secondary N) is 2. The van der Waals surface area contributed by atoms with E-state index in [9.17, 15) is 4.79 Å². The van der Waals surface area contributed by atoms with Gasteiger partial charge in [-0.2, -0.15) is 0 Å². The molecule has 0 aliphatic carbocycles. The maximum Gasteiger partial charge on any atom is 0.225 e. The first-order chi connectivity index (χ1) is 12.7. The van der Waals surface area contributed by atoms with Gasteiger partial charge in [0, 0.05) is 11.8 Å². The number of benzene rings is 1. The number of carbonyl (C=O) groups excluding carboxylic acids is 1. The standard InChI is InChI=1S/C18H17ClN4O3/c19-18-22-16-13(17(23-18)20-9-12-3-2-8-25-12)4-1-5-14(16)26-10-11-6-7-15(24)21-11/h1-5,8,11H,6-7,9-10H2,(H,21,24)(H,20,22,23)/t11-/m0/s1. The molecule has 26 heavy (non-hydrogen) atoms. The fourth-order valence-corrected chi connectivity index (χ4v) is 3.10. The van der Waals surface area contributed by atoms with Gasteiger partial charge in [0.15, 0.2) is 0 Å². The Morgan fingerprint density at radius 2 is 2.23 bits per heavy atom. The lowest BCUT2D eigenvalue weighted by Gasteiger charge is -2.14. The van der Waals surface area contributed by atoms with Crippen LogP contribution in [-0.4, -0.2) is 28.5 Å². The number of ether oxygens (including phenoxy) is 1. The van der Waals surface area contributed by atoms with Gasteiger partial charge in [-0.05, 0) is 42.3 Å². The summed E-state index contributed by atoms with van der Waals surface area (Å²) >= 11 is 6.10. The third-order valence-electron chi connectivity index (χ3n) is 4.20. The Labute approximate surface area is 154 Å². The molecule has 4 rings (SSSR count). The number of amides is 1. The zero-order chi connectivity index (χ0) is 17.9. The van der Waals surface area contributed by atoms with E-state index in [1.54, 1.807) is 6.26 Å². The largest absolute Gasteiger partial charge is 0.489 e. The molecular weight excluding hydrogens is 356 g/mol. The number of hydrogen-bond acceptors (Lipinski definition) is 6. The Morgan fingerprint density at radius 3 is 3.00 bits per heavy atom. The second-order valence-electron chi connectivity index (χ2n) is 6.04. The molecular formula is C18H17ClN4O3. The van der Waals surface area contributed by atoms with Gasteiger partial charge in [-0.3, -0.25) is 4.79 Å². The Kier molecular flexibility index (Phi) is 4.62. The fourth-order valence-electron chi connectivity index (χ4n) is 2.93. The summed E-state index contributed by atoms with van der Waals surface area (Å²) in [4.78, 5) is 19.9. The van der Waals surface area contributed by atoms with Crippen molar-refractivity contribution in [2.45, 2.75) is 25.4 Å². The molecule has 8 heteroatoms. The van der Waals surface area contributed by atoms with Crippen LogP contribution in [0.4, 0.5) is 5.82 Å². The number of para-hydroxylation sites is 1. The lowest BCUT2D eigenvalue weighted by atomic mass is 10.2. The summed E-state index contributed by atoms with van der Waals surface area (Å²) in [6, 6.07) is 9.34. The van der Waals surface area contributed by atoms with Crippen LogP contribution in [0.1, 0.15) is 18.6 Å². The summed E-state index contributed by atoms with van der Waals surface area (Å²) < 4.78 is 11.2. The Bertz CT molecular complexity index is 930. The average Bonchev–Trinajstić information content (AvgIpc) is 3.29. The van der Waals surface area contributed by atoms with Crippen LogP contribution >= 0.6 is 11.6 Å². The van der Waals surface area contributed by atoms with Crippen molar-refractivity contribution in [1.82, 2.24) is 15.3 Å². The predicted octanol–water partition coefficient (Wildman–Crippen LogP) is 3.15. The first kappa shape index (κ1) is 16.7. The number of fused-ring (bicyclic) bond motifs is 1. The minimum Gasteiger partial charge on any atom is -0.489 e. The zero-order valence-electron chi connectivity index (χ0n) is 13.9. The molecule has 3 heterocycles. The van der Waals surface area contributed by atoms with Crippen molar-refractivity contribution in [3.8, 4) is 5.75 Å². The van der Waals surface area contributed by atoms with E-state index in [0.29, 0.717) is 36.7 Å². The molecule has 1 saturated heterocycles. The maximum atomic E-state index is 11.3. The second-order valence-corrected chi connectivity index (χ2v) is 6.38. The summed E-state index contributed by atoms with van der Waals surface area (Å²) in [5.41, 5.74) is 0.624. The van der Waals surface area contributed by atoms with E-state index in [2.05, 4.69) is 20.6 Å². The van der Waals surface area contributed by atoms with Crippen molar-refractivity contribution in [2.75, 3.05) is 11.9 Å². The van der Waals surface area contributed by atoms with Gasteiger partial charge < -0.3 is 19.8 Å². The highest BCUT2D eigenvalue weighted by atomic mass is 35.5. The zero-order valence-corrected chi connectivity index (χ0v) is 14.6. The number of furan rings is 1. The van der Waals surface area contributed by atoms with E-state index >= 15 is 0 Å². The van der Waals surface area contributed by atoms with E-state index in [4.69, 9.17) is 20.8 Å². The van der Waals surface area contributed by atoms with E-state index in [1.807, 2.05) is 30.3 Å². The molecule has 1 amide bonds. The normalized spacial score (nSPS) is 16.7. The van der Waals surface area contributed by atoms with E-state index < -0.39 is 0 Å². The van der Waals surface area contributed by atoms with Crippen LogP contribution in [0.3, 0.4) is 0 Å². The molecule has 0 unspecified atom stereocenters. The van der Waals surface area contributed by atoms with Crippen LogP contribution in [-0.2, 0) is 11.3 Å². The maximum absolute atomic E-state index is 11.3. The van der Waals surface area contributed by atoms with Crippen LogP contribution in [0.2, 0.25) is 5.28 Å². The topological polar surface area (TPSA) is 89.3 Å². The molecule has 3 aromatic rings. The summed E-state index contributed by atoms with van der Waals surface area (Å²) in [5, 5.41) is 7.03. The molecule has 2 N–H and O–H groups in total. The Morgan fingerprint density at radius 1 is 1.31 bits per heavy atom. The van der Waals surface area contributed by atoms with Crippen LogP contribution in [0.25, 0.3) is 10.9 Å². The quantitative estimate of drug-likeness (QED) is 0.646. The number of halogens is 1. The number of anilines is 1. The summed E-state index contributed by atoms with van der Waals surface area (Å²) in [6.07, 6.45) is 2.93. The van der Waals surface area contributed by atoms with Crippen molar-refractivity contribution >= 4 is 34.2 Å². The number of nitrogens with zero attached hydrogens (tertiary/aromatic N) is 2. The van der Waals surface area contributed by atoms with Gasteiger partial charge in [0.1, 0.15) is 29.5 Å². The molecule has 1 aromatic carbocycles. The third-order valence-corrected chi connectivity index (χ3v) is 4.37. The highest BCUT2D eigenvalue weighted by Crippen LogP contribution is 2.30. The minimum atomic E-state index is 0.0200. The van der Waals surface area contributed by atoms with Crippen LogP contribution in [0.5, 0.6) is 5.75 Å². The molecule has 1 atom stereocenters. The molecule has 0 radical (unpaired) electrons. The van der Waals surface area contributed by atoms with Gasteiger partial charge in [-0.25, -0.2) is 9.97 Å². The van der Waals surface area contributed by atoms with Gasteiger partial charge in [0.2, 0.25) is 11.2 Å². The summed E-state index contributed by atoms with van der Waals surface area (Å²) in [5.74, 6) is 2.06. The molecule has 1 fully saturated rings. The van der Waals surface area contributed by atoms with Gasteiger partial charge in [-0.15, -0.1) is 0 Å². The smallest absolute Gasteiger partial charge is 0.225 e. The van der Waals surface area contributed by atoms with Crippen LogP contribution < -0.4 is 15.4 Å². The van der Waals surface area contributed by atoms with E-state index in [0.717, 1.165) is 17.6 Å². The van der Waals surface area contributed by atoms with Crippen molar-refractivity contribution < 1.29 is 13.9 Å². The molecule has 2 aromatic heterocycles. The fraction of sp³-hybridized carbons (Fsp3) is 0.278. The Hall–Kier alpha value is -2.80. The minimum absolute atomic E-state index is 0.0200. The van der Waals surface area contributed by atoms with Crippen molar-refractivity contribution in [2.24, 2.45) is 0 Å². The molecule has 1 aliphatic rings. The first-order valence-electron chi connectivity index (χ1n) is 8.34. The van der Waals surface area contributed by atoms with Crippen molar-refractivity contribution in [1.29, 1.82) is 0 Å². The second kappa shape index (κ2) is 7.21. The van der Waals surface area contributed by atoms with Gasteiger partial charge >= 0.3 is 0 Å².